The average molecular weight is 267 g/mol. The van der Waals surface area contributed by atoms with Crippen LogP contribution in [0.3, 0.4) is 0 Å². The summed E-state index contributed by atoms with van der Waals surface area (Å²) in [5.74, 6) is 0. The Morgan fingerprint density at radius 2 is 1.75 bits per heavy atom. The van der Waals surface area contributed by atoms with Crippen LogP contribution < -0.4 is 51.4 Å². The fourth-order valence-electron chi connectivity index (χ4n) is 1.31. The molecule has 0 amide bonds. The van der Waals surface area contributed by atoms with E-state index in [4.69, 9.17) is 9.47 Å². The number of ether oxygens (including phenoxy) is 2. The molecule has 0 radical (unpaired) electrons. The zero-order chi connectivity index (χ0) is 11.9. The zero-order valence-corrected chi connectivity index (χ0v) is 13.5. The van der Waals surface area contributed by atoms with Crippen LogP contribution in [0.5, 0.6) is 0 Å². The number of halogens is 3. The van der Waals surface area contributed by atoms with Crippen molar-refractivity contribution in [3.63, 3.8) is 0 Å². The molecule has 16 heavy (non-hydrogen) atoms. The number of hydrogen-bond acceptors (Lipinski definition) is 3. The van der Waals surface area contributed by atoms with Crippen LogP contribution in [-0.4, -0.2) is 58.3 Å². The molecule has 0 rings (SSSR count). The SMILES string of the molecule is COCCN(C[B-](F)(F)F)C(C)COC.[K+]. The Labute approximate surface area is 138 Å². The molecule has 0 aliphatic heterocycles. The van der Waals surface area contributed by atoms with Gasteiger partial charge in [0.25, 0.3) is 0 Å². The minimum Gasteiger partial charge on any atom is -0.448 e. The molecule has 0 aromatic rings. The minimum absolute atomic E-state index is 0. The van der Waals surface area contributed by atoms with Crippen molar-refractivity contribution in [3.05, 3.63) is 0 Å². The molecule has 8 heteroatoms. The molecule has 0 aromatic heterocycles. The Hall–Kier alpha value is 1.37. The first-order valence-electron chi connectivity index (χ1n) is 4.83. The van der Waals surface area contributed by atoms with E-state index in [2.05, 4.69) is 0 Å². The summed E-state index contributed by atoms with van der Waals surface area (Å²) in [6.45, 7) is -2.24. The number of nitrogens with zero attached hydrogens (tertiary/aromatic N) is 1. The molecule has 0 heterocycles. The van der Waals surface area contributed by atoms with Gasteiger partial charge in [-0.1, -0.05) is 0 Å². The molecule has 0 aliphatic rings. The second-order valence-electron chi connectivity index (χ2n) is 3.50. The third kappa shape index (κ3) is 10.5. The van der Waals surface area contributed by atoms with Gasteiger partial charge in [0.05, 0.1) is 13.2 Å². The summed E-state index contributed by atoms with van der Waals surface area (Å²) in [4.78, 5) is 1.33. The van der Waals surface area contributed by atoms with Gasteiger partial charge in [-0.05, 0) is 13.4 Å². The number of rotatable bonds is 8. The zero-order valence-electron chi connectivity index (χ0n) is 10.4. The largest absolute Gasteiger partial charge is 1.00 e. The Balaban J connectivity index is 0. The van der Waals surface area contributed by atoms with Gasteiger partial charge in [0.1, 0.15) is 0 Å². The molecule has 0 saturated carbocycles. The number of methoxy groups -OCH3 is 2. The van der Waals surface area contributed by atoms with E-state index in [9.17, 15) is 12.9 Å². The molecular weight excluding hydrogens is 249 g/mol. The summed E-state index contributed by atoms with van der Waals surface area (Å²) in [5, 5.41) is 0. The topological polar surface area (TPSA) is 21.7 Å². The van der Waals surface area contributed by atoms with Gasteiger partial charge in [0, 0.05) is 26.8 Å². The van der Waals surface area contributed by atoms with Gasteiger partial charge in [0.2, 0.25) is 0 Å². The summed E-state index contributed by atoms with van der Waals surface area (Å²) >= 11 is 0. The van der Waals surface area contributed by atoms with E-state index in [0.29, 0.717) is 6.61 Å². The Morgan fingerprint density at radius 1 is 1.19 bits per heavy atom. The van der Waals surface area contributed by atoms with E-state index in [1.54, 1.807) is 6.92 Å². The Bertz CT molecular complexity index is 174. The average Bonchev–Trinajstić information content (AvgIpc) is 2.10. The molecule has 0 aromatic carbocycles. The fourth-order valence-corrected chi connectivity index (χ4v) is 1.31. The van der Waals surface area contributed by atoms with Gasteiger partial charge in [-0.15, -0.1) is 0 Å². The normalized spacial score (nSPS) is 13.7. The smallest absolute Gasteiger partial charge is 0.448 e. The predicted molar refractivity (Wildman–Crippen MR) is 53.9 cm³/mol. The van der Waals surface area contributed by atoms with Crippen LogP contribution in [0.25, 0.3) is 0 Å². The molecular formula is C8H18BF3KNO2. The molecule has 1 atom stereocenters. The van der Waals surface area contributed by atoms with Crippen molar-refractivity contribution < 1.29 is 73.8 Å². The summed E-state index contributed by atoms with van der Waals surface area (Å²) in [5.41, 5.74) is 0. The van der Waals surface area contributed by atoms with Crippen molar-refractivity contribution >= 4 is 6.98 Å². The van der Waals surface area contributed by atoms with Crippen molar-refractivity contribution in [2.75, 3.05) is 40.4 Å². The Kier molecular flexibility index (Phi) is 12.7. The third-order valence-electron chi connectivity index (χ3n) is 2.06. The standard InChI is InChI=1S/C8H18BF3NO2.K/c1-8(6-15-3)13(4-5-14-2)7-9(10,11)12;/h8H,4-7H2,1-3H3;/q-1;+1. The maximum absolute atomic E-state index is 12.3. The van der Waals surface area contributed by atoms with Crippen LogP contribution >= 0.6 is 0 Å². The van der Waals surface area contributed by atoms with Gasteiger partial charge in [-0.2, -0.15) is 0 Å². The first-order chi connectivity index (χ1) is 6.90. The minimum atomic E-state index is -4.80. The first kappa shape index (κ1) is 19.7. The van der Waals surface area contributed by atoms with E-state index in [0.717, 1.165) is 0 Å². The third-order valence-corrected chi connectivity index (χ3v) is 2.06. The van der Waals surface area contributed by atoms with Crippen molar-refractivity contribution in [1.82, 2.24) is 4.90 Å². The fraction of sp³-hybridized carbons (Fsp3) is 1.00. The van der Waals surface area contributed by atoms with E-state index in [1.807, 2.05) is 0 Å². The quantitative estimate of drug-likeness (QED) is 0.492. The van der Waals surface area contributed by atoms with Crippen LogP contribution in [-0.2, 0) is 9.47 Å². The summed E-state index contributed by atoms with van der Waals surface area (Å²) < 4.78 is 46.4. The van der Waals surface area contributed by atoms with Gasteiger partial charge in [-0.3, -0.25) is 0 Å². The second-order valence-corrected chi connectivity index (χ2v) is 3.50. The molecule has 1 unspecified atom stereocenters. The number of hydrogen-bond donors (Lipinski definition) is 0. The first-order valence-corrected chi connectivity index (χ1v) is 4.83. The van der Waals surface area contributed by atoms with Gasteiger partial charge < -0.3 is 27.3 Å². The van der Waals surface area contributed by atoms with E-state index in [-0.39, 0.29) is 70.6 Å². The van der Waals surface area contributed by atoms with Crippen LogP contribution in [0.1, 0.15) is 6.92 Å². The monoisotopic (exact) mass is 267 g/mol. The van der Waals surface area contributed by atoms with Gasteiger partial charge >= 0.3 is 58.4 Å². The van der Waals surface area contributed by atoms with Crippen LogP contribution in [0, 0.1) is 0 Å². The summed E-state index contributed by atoms with van der Waals surface area (Å²) in [6.07, 6.45) is -0.867. The molecule has 0 fully saturated rings. The predicted octanol–water partition coefficient (Wildman–Crippen LogP) is -1.64. The van der Waals surface area contributed by atoms with E-state index in [1.165, 1.54) is 19.1 Å². The Morgan fingerprint density at radius 3 is 2.12 bits per heavy atom. The van der Waals surface area contributed by atoms with Gasteiger partial charge in [0.15, 0.2) is 0 Å². The summed E-state index contributed by atoms with van der Waals surface area (Å²) in [7, 11) is 2.95. The summed E-state index contributed by atoms with van der Waals surface area (Å²) in [6, 6.07) is -0.256. The molecule has 0 spiro atoms. The maximum Gasteiger partial charge on any atom is 1.00 e. The maximum atomic E-state index is 12.3. The van der Waals surface area contributed by atoms with Crippen molar-refractivity contribution in [1.29, 1.82) is 0 Å². The van der Waals surface area contributed by atoms with Gasteiger partial charge in [-0.25, -0.2) is 0 Å². The van der Waals surface area contributed by atoms with Crippen LogP contribution in [0.4, 0.5) is 12.9 Å². The molecule has 92 valence electrons. The molecule has 0 bridgehead atoms. The molecule has 0 aliphatic carbocycles. The molecule has 0 saturated heterocycles. The molecule has 0 N–H and O–H groups in total. The van der Waals surface area contributed by atoms with Crippen LogP contribution in [0.15, 0.2) is 0 Å². The van der Waals surface area contributed by atoms with E-state index >= 15 is 0 Å². The van der Waals surface area contributed by atoms with Crippen molar-refractivity contribution in [3.8, 4) is 0 Å². The van der Waals surface area contributed by atoms with E-state index < -0.39 is 13.4 Å². The van der Waals surface area contributed by atoms with Crippen molar-refractivity contribution in [2.24, 2.45) is 0 Å². The van der Waals surface area contributed by atoms with Crippen molar-refractivity contribution in [2.45, 2.75) is 13.0 Å². The molecule has 3 nitrogen and oxygen atoms in total. The van der Waals surface area contributed by atoms with Crippen LogP contribution in [0.2, 0.25) is 0 Å². The second kappa shape index (κ2) is 10.3.